The topological polar surface area (TPSA) is 15.3 Å². The Morgan fingerprint density at radius 2 is 1.86 bits per heavy atom. The van der Waals surface area contributed by atoms with Crippen LogP contribution in [0.1, 0.15) is 31.9 Å². The second-order valence-electron chi connectivity index (χ2n) is 5.69. The number of benzene rings is 1. The molecule has 2 rings (SSSR count). The van der Waals surface area contributed by atoms with E-state index in [-0.39, 0.29) is 24.3 Å². The first-order valence-electron chi connectivity index (χ1n) is 7.09. The number of rotatable bonds is 4. The zero-order valence-electron chi connectivity index (χ0n) is 12.3. The summed E-state index contributed by atoms with van der Waals surface area (Å²) < 4.78 is 14.3. The molecule has 0 aromatic heterocycles. The summed E-state index contributed by atoms with van der Waals surface area (Å²) in [7, 11) is 0. The zero-order valence-corrected chi connectivity index (χ0v) is 14.7. The van der Waals surface area contributed by atoms with Crippen molar-refractivity contribution in [1.29, 1.82) is 0 Å². The van der Waals surface area contributed by atoms with Crippen LogP contribution in [0.25, 0.3) is 0 Å². The zero-order chi connectivity index (χ0) is 14.7. The van der Waals surface area contributed by atoms with Crippen molar-refractivity contribution in [1.82, 2.24) is 10.2 Å². The van der Waals surface area contributed by atoms with Crippen molar-refractivity contribution in [3.8, 4) is 0 Å². The van der Waals surface area contributed by atoms with Crippen LogP contribution in [0.15, 0.2) is 12.1 Å². The standard InChI is InChI=1S/C15H21Cl2FN2.ClH/c1-10(2)9-13(20-7-5-19-6-8-20)14-12(18)4-3-11(16)15(14)17;/h3-4,10,13,19H,5-9H2,1-2H3;1H/t13-;/m1./s1. The average molecular weight is 356 g/mol. The molecule has 1 saturated heterocycles. The molecule has 0 amide bonds. The average Bonchev–Trinajstić information content (AvgIpc) is 2.43. The maximum Gasteiger partial charge on any atom is 0.129 e. The van der Waals surface area contributed by atoms with Gasteiger partial charge in [0, 0.05) is 37.8 Å². The Bertz CT molecular complexity index is 462. The molecule has 2 nitrogen and oxygen atoms in total. The van der Waals surface area contributed by atoms with Gasteiger partial charge in [-0.2, -0.15) is 0 Å². The lowest BCUT2D eigenvalue weighted by Crippen LogP contribution is -2.45. The molecule has 1 fully saturated rings. The van der Waals surface area contributed by atoms with Crippen LogP contribution in [0.4, 0.5) is 4.39 Å². The maximum absolute atomic E-state index is 14.3. The molecular weight excluding hydrogens is 334 g/mol. The van der Waals surface area contributed by atoms with Crippen LogP contribution < -0.4 is 5.32 Å². The van der Waals surface area contributed by atoms with Gasteiger partial charge in [0.15, 0.2) is 0 Å². The number of nitrogens with one attached hydrogen (secondary N) is 1. The maximum atomic E-state index is 14.3. The third-order valence-electron chi connectivity index (χ3n) is 3.70. The first-order valence-corrected chi connectivity index (χ1v) is 7.84. The van der Waals surface area contributed by atoms with Crippen LogP contribution in [0.2, 0.25) is 10.0 Å². The molecule has 0 saturated carbocycles. The Morgan fingerprint density at radius 1 is 1.24 bits per heavy atom. The number of nitrogens with zero attached hydrogens (tertiary/aromatic N) is 1. The summed E-state index contributed by atoms with van der Waals surface area (Å²) >= 11 is 12.4. The number of halogens is 4. The summed E-state index contributed by atoms with van der Waals surface area (Å²) in [5.74, 6) is 0.202. The smallest absolute Gasteiger partial charge is 0.129 e. The lowest BCUT2D eigenvalue weighted by molar-refractivity contribution is 0.151. The Balaban J connectivity index is 0.00000220. The Labute approximate surface area is 142 Å². The third-order valence-corrected chi connectivity index (χ3v) is 4.52. The molecule has 0 unspecified atom stereocenters. The molecule has 1 N–H and O–H groups in total. The van der Waals surface area contributed by atoms with E-state index in [1.54, 1.807) is 0 Å². The van der Waals surface area contributed by atoms with Gasteiger partial charge >= 0.3 is 0 Å². The van der Waals surface area contributed by atoms with Crippen LogP contribution in [0.3, 0.4) is 0 Å². The fourth-order valence-electron chi connectivity index (χ4n) is 2.74. The van der Waals surface area contributed by atoms with Gasteiger partial charge < -0.3 is 5.32 Å². The number of hydrogen-bond donors (Lipinski definition) is 1. The van der Waals surface area contributed by atoms with Crippen molar-refractivity contribution in [3.05, 3.63) is 33.6 Å². The largest absolute Gasteiger partial charge is 0.314 e. The van der Waals surface area contributed by atoms with Crippen molar-refractivity contribution in [2.75, 3.05) is 26.2 Å². The second-order valence-corrected chi connectivity index (χ2v) is 6.47. The molecule has 0 spiro atoms. The van der Waals surface area contributed by atoms with Gasteiger partial charge in [-0.3, -0.25) is 4.90 Å². The van der Waals surface area contributed by atoms with Gasteiger partial charge in [-0.1, -0.05) is 37.0 Å². The van der Waals surface area contributed by atoms with Crippen LogP contribution in [0.5, 0.6) is 0 Å². The van der Waals surface area contributed by atoms with Crippen molar-refractivity contribution >= 4 is 35.6 Å². The van der Waals surface area contributed by atoms with Crippen molar-refractivity contribution in [2.45, 2.75) is 26.3 Å². The molecule has 1 heterocycles. The fraction of sp³-hybridized carbons (Fsp3) is 0.600. The van der Waals surface area contributed by atoms with Crippen LogP contribution in [-0.4, -0.2) is 31.1 Å². The van der Waals surface area contributed by atoms with Gasteiger partial charge in [-0.25, -0.2) is 4.39 Å². The molecule has 1 aliphatic rings. The van der Waals surface area contributed by atoms with Gasteiger partial charge in [0.25, 0.3) is 0 Å². The second kappa shape index (κ2) is 8.54. The van der Waals surface area contributed by atoms with Crippen molar-refractivity contribution in [3.63, 3.8) is 0 Å². The first kappa shape index (κ1) is 19.0. The molecular formula is C15H22Cl3FN2. The first-order chi connectivity index (χ1) is 9.50. The summed E-state index contributed by atoms with van der Waals surface area (Å²) in [5.41, 5.74) is 0.551. The van der Waals surface area contributed by atoms with E-state index in [1.165, 1.54) is 12.1 Å². The van der Waals surface area contributed by atoms with Crippen LogP contribution in [0, 0.1) is 11.7 Å². The molecule has 0 aliphatic carbocycles. The Hall–Kier alpha value is -0.0600. The molecule has 21 heavy (non-hydrogen) atoms. The molecule has 1 aromatic carbocycles. The van der Waals surface area contributed by atoms with E-state index < -0.39 is 0 Å². The SMILES string of the molecule is CC(C)C[C@H](c1c(F)ccc(Cl)c1Cl)N1CCNCC1.Cl. The monoisotopic (exact) mass is 354 g/mol. The van der Waals surface area contributed by atoms with Crippen LogP contribution in [-0.2, 0) is 0 Å². The van der Waals surface area contributed by atoms with Gasteiger partial charge in [0.05, 0.1) is 10.0 Å². The molecule has 1 aliphatic heterocycles. The van der Waals surface area contributed by atoms with Gasteiger partial charge in [-0.15, -0.1) is 12.4 Å². The number of piperazine rings is 1. The van der Waals surface area contributed by atoms with Crippen LogP contribution >= 0.6 is 35.6 Å². The normalized spacial score (nSPS) is 17.6. The lowest BCUT2D eigenvalue weighted by atomic mass is 9.94. The van der Waals surface area contributed by atoms with E-state index in [2.05, 4.69) is 24.1 Å². The lowest BCUT2D eigenvalue weighted by Gasteiger charge is -2.36. The number of hydrogen-bond acceptors (Lipinski definition) is 2. The molecule has 0 bridgehead atoms. The quantitative estimate of drug-likeness (QED) is 0.797. The van der Waals surface area contributed by atoms with E-state index in [0.29, 0.717) is 21.5 Å². The fourth-order valence-corrected chi connectivity index (χ4v) is 3.18. The third kappa shape index (κ3) is 4.70. The van der Waals surface area contributed by atoms with Gasteiger partial charge in [0.2, 0.25) is 0 Å². The molecule has 120 valence electrons. The van der Waals surface area contributed by atoms with Gasteiger partial charge in [0.1, 0.15) is 5.82 Å². The van der Waals surface area contributed by atoms with E-state index in [1.807, 2.05) is 0 Å². The highest BCUT2D eigenvalue weighted by Gasteiger charge is 2.28. The Morgan fingerprint density at radius 3 is 2.43 bits per heavy atom. The highest BCUT2D eigenvalue weighted by Crippen LogP contribution is 2.38. The Kier molecular flexibility index (Phi) is 7.72. The highest BCUT2D eigenvalue weighted by atomic mass is 35.5. The van der Waals surface area contributed by atoms with E-state index in [9.17, 15) is 4.39 Å². The summed E-state index contributed by atoms with van der Waals surface area (Å²) in [6.07, 6.45) is 0.872. The van der Waals surface area contributed by atoms with Crippen molar-refractivity contribution in [2.24, 2.45) is 5.92 Å². The minimum absolute atomic E-state index is 0. The predicted octanol–water partition coefficient (Wildman–Crippen LogP) is 4.55. The van der Waals surface area contributed by atoms with E-state index in [4.69, 9.17) is 23.2 Å². The van der Waals surface area contributed by atoms with E-state index in [0.717, 1.165) is 32.6 Å². The minimum atomic E-state index is -0.261. The summed E-state index contributed by atoms with van der Waals surface area (Å²) in [4.78, 5) is 2.30. The summed E-state index contributed by atoms with van der Waals surface area (Å²) in [5, 5.41) is 4.10. The van der Waals surface area contributed by atoms with Gasteiger partial charge in [-0.05, 0) is 24.5 Å². The predicted molar refractivity (Wildman–Crippen MR) is 90.3 cm³/mol. The summed E-state index contributed by atoms with van der Waals surface area (Å²) in [6.45, 7) is 7.94. The molecule has 1 atom stereocenters. The molecule has 6 heteroatoms. The molecule has 1 aromatic rings. The van der Waals surface area contributed by atoms with E-state index >= 15 is 0 Å². The van der Waals surface area contributed by atoms with Crippen molar-refractivity contribution < 1.29 is 4.39 Å². The summed E-state index contributed by atoms with van der Waals surface area (Å²) in [6, 6.07) is 2.93. The highest BCUT2D eigenvalue weighted by molar-refractivity contribution is 6.42. The minimum Gasteiger partial charge on any atom is -0.314 e. The molecule has 0 radical (unpaired) electrons.